The van der Waals surface area contributed by atoms with E-state index >= 15 is 0 Å². The summed E-state index contributed by atoms with van der Waals surface area (Å²) in [5, 5.41) is 11.7. The number of carboxylic acid groups (broad SMARTS) is 1. The van der Waals surface area contributed by atoms with E-state index in [9.17, 15) is 4.79 Å². The van der Waals surface area contributed by atoms with Crippen LogP contribution in [-0.4, -0.2) is 27.6 Å². The lowest BCUT2D eigenvalue weighted by Crippen LogP contribution is -2.06. The Kier molecular flexibility index (Phi) is 2.80. The molecule has 2 rings (SSSR count). The van der Waals surface area contributed by atoms with Gasteiger partial charge in [-0.1, -0.05) is 12.8 Å². The minimum atomic E-state index is -1.05. The number of rotatable bonds is 5. The van der Waals surface area contributed by atoms with Crippen LogP contribution in [0.4, 0.5) is 5.82 Å². The molecule has 0 aromatic carbocycles. The Morgan fingerprint density at radius 2 is 2.27 bits per heavy atom. The van der Waals surface area contributed by atoms with Gasteiger partial charge in [0.25, 0.3) is 0 Å². The van der Waals surface area contributed by atoms with Crippen molar-refractivity contribution in [2.24, 2.45) is 5.92 Å². The molecular weight excluding hydrogens is 194 g/mol. The summed E-state index contributed by atoms with van der Waals surface area (Å²) >= 11 is 0. The molecule has 0 aliphatic heterocycles. The maximum atomic E-state index is 10.5. The number of aromatic carboxylic acids is 1. The van der Waals surface area contributed by atoms with E-state index in [2.05, 4.69) is 15.3 Å². The van der Waals surface area contributed by atoms with Crippen LogP contribution < -0.4 is 5.32 Å². The van der Waals surface area contributed by atoms with Gasteiger partial charge in [-0.25, -0.2) is 14.8 Å². The van der Waals surface area contributed by atoms with Gasteiger partial charge in [0, 0.05) is 6.54 Å². The number of hydrogen-bond acceptors (Lipinski definition) is 4. The van der Waals surface area contributed by atoms with E-state index in [-0.39, 0.29) is 5.69 Å². The lowest BCUT2D eigenvalue weighted by Gasteiger charge is -2.03. The number of nitrogens with one attached hydrogen (secondary N) is 1. The first kappa shape index (κ1) is 9.89. The Balaban J connectivity index is 1.83. The fourth-order valence-corrected chi connectivity index (χ4v) is 1.34. The third-order valence-corrected chi connectivity index (χ3v) is 2.43. The Morgan fingerprint density at radius 3 is 2.80 bits per heavy atom. The number of hydrogen-bond donors (Lipinski definition) is 2. The molecule has 1 saturated carbocycles. The van der Waals surface area contributed by atoms with Crippen molar-refractivity contribution in [3.05, 3.63) is 18.1 Å². The monoisotopic (exact) mass is 207 g/mol. The first-order chi connectivity index (χ1) is 7.25. The van der Waals surface area contributed by atoms with Crippen molar-refractivity contribution >= 4 is 11.8 Å². The molecule has 2 N–H and O–H groups in total. The van der Waals surface area contributed by atoms with Gasteiger partial charge < -0.3 is 10.4 Å². The largest absolute Gasteiger partial charge is 0.476 e. The van der Waals surface area contributed by atoms with Crippen molar-refractivity contribution < 1.29 is 9.90 Å². The van der Waals surface area contributed by atoms with E-state index in [1.54, 1.807) is 0 Å². The third kappa shape index (κ3) is 2.90. The van der Waals surface area contributed by atoms with Crippen molar-refractivity contribution in [1.29, 1.82) is 0 Å². The number of carbonyl (C=O) groups is 1. The fourth-order valence-electron chi connectivity index (χ4n) is 1.34. The molecule has 0 radical (unpaired) electrons. The van der Waals surface area contributed by atoms with Crippen molar-refractivity contribution in [1.82, 2.24) is 9.97 Å². The van der Waals surface area contributed by atoms with E-state index in [0.29, 0.717) is 5.82 Å². The summed E-state index contributed by atoms with van der Waals surface area (Å²) in [7, 11) is 0. The highest BCUT2D eigenvalue weighted by molar-refractivity contribution is 5.84. The zero-order valence-electron chi connectivity index (χ0n) is 8.31. The fraction of sp³-hybridized carbons (Fsp3) is 0.500. The Hall–Kier alpha value is -1.65. The smallest absolute Gasteiger partial charge is 0.356 e. The van der Waals surface area contributed by atoms with E-state index in [0.717, 1.165) is 18.9 Å². The molecule has 15 heavy (non-hydrogen) atoms. The normalized spacial score (nSPS) is 14.9. The summed E-state index contributed by atoms with van der Waals surface area (Å²) in [4.78, 5) is 18.2. The standard InChI is InChI=1S/C10H13N3O2/c14-10(15)8-5-13-9(6-12-8)11-4-3-7-1-2-7/h5-7H,1-4H2,(H,11,13)(H,14,15). The molecule has 0 spiro atoms. The zero-order valence-corrected chi connectivity index (χ0v) is 8.31. The number of nitrogens with zero attached hydrogens (tertiary/aromatic N) is 2. The minimum Gasteiger partial charge on any atom is -0.476 e. The van der Waals surface area contributed by atoms with Gasteiger partial charge in [0.1, 0.15) is 5.82 Å². The molecule has 1 aromatic heterocycles. The molecule has 1 heterocycles. The Bertz CT molecular complexity index is 346. The van der Waals surface area contributed by atoms with Crippen LogP contribution in [0.5, 0.6) is 0 Å². The van der Waals surface area contributed by atoms with Gasteiger partial charge in [-0.15, -0.1) is 0 Å². The second-order valence-corrected chi connectivity index (χ2v) is 3.75. The van der Waals surface area contributed by atoms with Crippen LogP contribution in [0.25, 0.3) is 0 Å². The first-order valence-corrected chi connectivity index (χ1v) is 5.05. The van der Waals surface area contributed by atoms with Gasteiger partial charge in [0.2, 0.25) is 0 Å². The van der Waals surface area contributed by atoms with E-state index in [4.69, 9.17) is 5.11 Å². The Morgan fingerprint density at radius 1 is 1.47 bits per heavy atom. The summed E-state index contributed by atoms with van der Waals surface area (Å²) in [6.07, 6.45) is 6.55. The summed E-state index contributed by atoms with van der Waals surface area (Å²) in [5.41, 5.74) is -0.0252. The van der Waals surface area contributed by atoms with Crippen LogP contribution in [0.3, 0.4) is 0 Å². The molecule has 0 unspecified atom stereocenters. The molecule has 1 aliphatic carbocycles. The van der Waals surface area contributed by atoms with Crippen LogP contribution in [0.15, 0.2) is 12.4 Å². The van der Waals surface area contributed by atoms with Gasteiger partial charge in [-0.3, -0.25) is 0 Å². The molecule has 0 bridgehead atoms. The average Bonchev–Trinajstić information content (AvgIpc) is 3.02. The average molecular weight is 207 g/mol. The number of anilines is 1. The highest BCUT2D eigenvalue weighted by Gasteiger charge is 2.20. The lowest BCUT2D eigenvalue weighted by molar-refractivity contribution is 0.0690. The number of carboxylic acids is 1. The molecule has 5 nitrogen and oxygen atoms in total. The van der Waals surface area contributed by atoms with E-state index < -0.39 is 5.97 Å². The predicted molar refractivity (Wildman–Crippen MR) is 54.8 cm³/mol. The lowest BCUT2D eigenvalue weighted by atomic mass is 10.3. The van der Waals surface area contributed by atoms with Crippen LogP contribution in [-0.2, 0) is 0 Å². The molecule has 1 fully saturated rings. The molecule has 1 aromatic rings. The SMILES string of the molecule is O=C(O)c1cnc(NCCC2CC2)cn1. The third-order valence-electron chi connectivity index (χ3n) is 2.43. The minimum absolute atomic E-state index is 0.0252. The van der Waals surface area contributed by atoms with E-state index in [1.807, 2.05) is 0 Å². The molecule has 0 amide bonds. The second-order valence-electron chi connectivity index (χ2n) is 3.75. The van der Waals surface area contributed by atoms with Gasteiger partial charge in [0.05, 0.1) is 12.4 Å². The maximum absolute atomic E-state index is 10.5. The molecule has 0 saturated heterocycles. The summed E-state index contributed by atoms with van der Waals surface area (Å²) in [6.45, 7) is 0.881. The summed E-state index contributed by atoms with van der Waals surface area (Å²) in [5.74, 6) is 0.469. The highest BCUT2D eigenvalue weighted by Crippen LogP contribution is 2.31. The maximum Gasteiger partial charge on any atom is 0.356 e. The highest BCUT2D eigenvalue weighted by atomic mass is 16.4. The van der Waals surface area contributed by atoms with E-state index in [1.165, 1.54) is 25.2 Å². The zero-order chi connectivity index (χ0) is 10.7. The van der Waals surface area contributed by atoms with Crippen LogP contribution in [0.1, 0.15) is 29.8 Å². The van der Waals surface area contributed by atoms with Gasteiger partial charge in [0.15, 0.2) is 5.69 Å². The topological polar surface area (TPSA) is 75.1 Å². The molecule has 80 valence electrons. The first-order valence-electron chi connectivity index (χ1n) is 5.05. The predicted octanol–water partition coefficient (Wildman–Crippen LogP) is 1.39. The Labute approximate surface area is 87.6 Å². The van der Waals surface area contributed by atoms with Crippen LogP contribution in [0.2, 0.25) is 0 Å². The van der Waals surface area contributed by atoms with Crippen LogP contribution in [0, 0.1) is 5.92 Å². The van der Waals surface area contributed by atoms with Gasteiger partial charge in [-0.2, -0.15) is 0 Å². The molecular formula is C10H13N3O2. The summed E-state index contributed by atoms with van der Waals surface area (Å²) in [6, 6.07) is 0. The van der Waals surface area contributed by atoms with Crippen molar-refractivity contribution in [2.75, 3.05) is 11.9 Å². The number of aromatic nitrogens is 2. The second kappa shape index (κ2) is 4.25. The van der Waals surface area contributed by atoms with Crippen molar-refractivity contribution in [3.63, 3.8) is 0 Å². The molecule has 5 heteroatoms. The van der Waals surface area contributed by atoms with Gasteiger partial charge >= 0.3 is 5.97 Å². The van der Waals surface area contributed by atoms with Crippen molar-refractivity contribution in [3.8, 4) is 0 Å². The molecule has 1 aliphatic rings. The quantitative estimate of drug-likeness (QED) is 0.763. The van der Waals surface area contributed by atoms with Crippen LogP contribution >= 0.6 is 0 Å². The van der Waals surface area contributed by atoms with Gasteiger partial charge in [-0.05, 0) is 12.3 Å². The van der Waals surface area contributed by atoms with Crippen molar-refractivity contribution in [2.45, 2.75) is 19.3 Å². The molecule has 0 atom stereocenters. The summed E-state index contributed by atoms with van der Waals surface area (Å²) < 4.78 is 0.